The molecule has 0 bridgehead atoms. The molecule has 2 aliphatic heterocycles. The van der Waals surface area contributed by atoms with Gasteiger partial charge in [0, 0.05) is 61.4 Å². The average Bonchev–Trinajstić information content (AvgIpc) is 3.93. The van der Waals surface area contributed by atoms with Crippen LogP contribution >= 0.6 is 0 Å². The molecule has 4 heterocycles. The van der Waals surface area contributed by atoms with Crippen LogP contribution in [0.25, 0.3) is 55.6 Å². The molecule has 6 aromatic carbocycles. The van der Waals surface area contributed by atoms with Crippen molar-refractivity contribution < 1.29 is 5.32 Å². The van der Waals surface area contributed by atoms with E-state index in [0.29, 0.717) is 11.8 Å². The van der Waals surface area contributed by atoms with E-state index in [-0.39, 0.29) is 23.8 Å². The van der Waals surface area contributed by atoms with E-state index in [1.165, 1.54) is 94.5 Å². The highest BCUT2D eigenvalue weighted by atomic mass is 15.4. The van der Waals surface area contributed by atoms with Crippen molar-refractivity contribution in [2.45, 2.75) is 57.4 Å². The zero-order valence-electron chi connectivity index (χ0n) is 37.6. The van der Waals surface area contributed by atoms with Gasteiger partial charge in [-0.25, -0.2) is 4.90 Å². The Balaban J connectivity index is 0.934. The lowest BCUT2D eigenvalue weighted by molar-refractivity contribution is -0.667. The van der Waals surface area contributed by atoms with Crippen LogP contribution in [0.2, 0.25) is 0 Å². The first-order valence-corrected chi connectivity index (χ1v) is 23.6. The fraction of sp³-hybridized carbons (Fsp3) is 0.200. The lowest BCUT2D eigenvalue weighted by atomic mass is 9.75. The van der Waals surface area contributed by atoms with Gasteiger partial charge in [0.2, 0.25) is 6.29 Å². The molecule has 2 aromatic heterocycles. The monoisotopic (exact) mass is 844 g/mol. The van der Waals surface area contributed by atoms with Gasteiger partial charge in [0.25, 0.3) is 0 Å². The normalized spacial score (nSPS) is 24.4. The smallest absolute Gasteiger partial charge is 0.231 e. The third-order valence-corrected chi connectivity index (χ3v) is 15.6. The summed E-state index contributed by atoms with van der Waals surface area (Å²) in [6, 6.07) is 50.9. The Labute approximate surface area is 381 Å². The molecule has 0 saturated carbocycles. The van der Waals surface area contributed by atoms with Gasteiger partial charge in [-0.1, -0.05) is 141 Å². The summed E-state index contributed by atoms with van der Waals surface area (Å²) in [5, 5.41) is 6.39. The van der Waals surface area contributed by atoms with Crippen LogP contribution in [0.15, 0.2) is 182 Å². The summed E-state index contributed by atoms with van der Waals surface area (Å²) < 4.78 is 5.22. The van der Waals surface area contributed by atoms with Crippen LogP contribution in [0.4, 0.5) is 17.1 Å². The van der Waals surface area contributed by atoms with Crippen molar-refractivity contribution in [1.29, 1.82) is 0 Å². The molecule has 3 aliphatic carbocycles. The van der Waals surface area contributed by atoms with E-state index < -0.39 is 0 Å². The van der Waals surface area contributed by atoms with Gasteiger partial charge in [0.1, 0.15) is 5.69 Å². The topological polar surface area (TPSA) is 33.0 Å². The average molecular weight is 845 g/mol. The van der Waals surface area contributed by atoms with Gasteiger partial charge in [-0.05, 0) is 116 Å². The highest BCUT2D eigenvalue weighted by Crippen LogP contribution is 2.53. The Morgan fingerprint density at radius 1 is 0.692 bits per heavy atom. The predicted octanol–water partition coefficient (Wildman–Crippen LogP) is 13.3. The van der Waals surface area contributed by atoms with Crippen LogP contribution in [-0.4, -0.2) is 27.1 Å². The van der Waals surface area contributed by atoms with Gasteiger partial charge in [0.05, 0.1) is 28.6 Å². The van der Waals surface area contributed by atoms with E-state index in [1.54, 1.807) is 0 Å². The second-order valence-electron chi connectivity index (χ2n) is 19.5. The van der Waals surface area contributed by atoms with E-state index in [9.17, 15) is 0 Å². The van der Waals surface area contributed by atoms with Crippen molar-refractivity contribution >= 4 is 61.5 Å². The molecule has 5 aliphatic rings. The molecule has 0 spiro atoms. The molecule has 5 heteroatoms. The van der Waals surface area contributed by atoms with Crippen molar-refractivity contribution in [2.24, 2.45) is 11.8 Å². The third-order valence-electron chi connectivity index (χ3n) is 15.6. The Kier molecular flexibility index (Phi) is 8.62. The lowest BCUT2D eigenvalue weighted by Gasteiger charge is -2.39. The number of fused-ring (bicyclic) bond motifs is 10. The van der Waals surface area contributed by atoms with Crippen LogP contribution < -0.4 is 10.2 Å². The third kappa shape index (κ3) is 5.71. The van der Waals surface area contributed by atoms with Crippen molar-refractivity contribution in [1.82, 2.24) is 14.0 Å². The van der Waals surface area contributed by atoms with Crippen LogP contribution in [0.5, 0.6) is 0 Å². The predicted molar refractivity (Wildman–Crippen MR) is 271 cm³/mol. The molecule has 318 valence electrons. The zero-order chi connectivity index (χ0) is 43.6. The number of hydrogen-bond acceptors (Lipinski definition) is 2. The Hall–Kier alpha value is -6.92. The van der Waals surface area contributed by atoms with Crippen molar-refractivity contribution in [3.8, 4) is 11.1 Å². The summed E-state index contributed by atoms with van der Waals surface area (Å²) in [7, 11) is 2.33. The first-order chi connectivity index (χ1) is 31.9. The first kappa shape index (κ1) is 38.5. The number of hydrogen-bond donors (Lipinski definition) is 1. The Morgan fingerprint density at radius 3 is 2.38 bits per heavy atom. The number of quaternary nitrogens is 1. The molecule has 65 heavy (non-hydrogen) atoms. The van der Waals surface area contributed by atoms with Gasteiger partial charge in [0.15, 0.2) is 0 Å². The molecule has 0 fully saturated rings. The van der Waals surface area contributed by atoms with Crippen molar-refractivity contribution in [2.75, 3.05) is 11.9 Å². The maximum Gasteiger partial charge on any atom is 0.231 e. The SMILES string of the molecule is CC1C=Cc2c(n(C3=CC=CCC3C)c3cc(C4c5ccccc5[NH2+]C(n5c6ccccc6c6cc(-c7ccc8c(c7)C7(C)C=CC=CC7N8c7ccccc7)ccc65)N4C)ccc23)C1. The van der Waals surface area contributed by atoms with E-state index in [2.05, 4.69) is 240 Å². The van der Waals surface area contributed by atoms with Gasteiger partial charge in [-0.2, -0.15) is 0 Å². The zero-order valence-corrected chi connectivity index (χ0v) is 37.6. The lowest BCUT2D eigenvalue weighted by Crippen LogP contribution is -2.86. The standard InChI is InChI=1S/C60H53N5/c1-38-25-29-45-46-30-26-42(37-56(46)64(55(45)34-38)51-22-12-8-16-39(51)2)58-47-20-9-11-21-50(47)61-59(62(58)4)65-52-23-13-10-19-44(52)48-35-40(27-31-53(48)65)41-28-32-54-49(36-41)60(3)33-15-14-24-57(60)63(54)43-17-6-5-7-18-43/h5-15,17-33,35-39,57-59,61H,16,34H2,1-4H3/p+1. The Morgan fingerprint density at radius 2 is 1.49 bits per heavy atom. The summed E-state index contributed by atoms with van der Waals surface area (Å²) in [6.45, 7) is 7.13. The molecule has 13 rings (SSSR count). The van der Waals surface area contributed by atoms with Gasteiger partial charge < -0.3 is 9.47 Å². The molecular weight excluding hydrogens is 791 g/mol. The van der Waals surface area contributed by atoms with Crippen LogP contribution in [0.3, 0.4) is 0 Å². The molecule has 0 saturated heterocycles. The molecule has 0 radical (unpaired) electrons. The number of rotatable bonds is 5. The van der Waals surface area contributed by atoms with Crippen LogP contribution in [0, 0.1) is 11.8 Å². The number of aromatic nitrogens is 2. The fourth-order valence-corrected chi connectivity index (χ4v) is 12.3. The van der Waals surface area contributed by atoms with Crippen molar-refractivity contribution in [3.63, 3.8) is 0 Å². The second-order valence-corrected chi connectivity index (χ2v) is 19.5. The number of para-hydroxylation sites is 3. The summed E-state index contributed by atoms with van der Waals surface area (Å²) in [6.07, 6.45) is 23.0. The number of allylic oxidation sites excluding steroid dienone is 7. The molecule has 5 nitrogen and oxygen atoms in total. The van der Waals surface area contributed by atoms with Crippen LogP contribution in [-0.2, 0) is 11.8 Å². The van der Waals surface area contributed by atoms with Gasteiger partial charge in [-0.3, -0.25) is 9.88 Å². The molecule has 0 amide bonds. The van der Waals surface area contributed by atoms with E-state index in [4.69, 9.17) is 0 Å². The second kappa shape index (κ2) is 14.5. The molecule has 2 N–H and O–H groups in total. The summed E-state index contributed by atoms with van der Waals surface area (Å²) in [4.78, 5) is 5.12. The fourth-order valence-electron chi connectivity index (χ4n) is 12.3. The maximum absolute atomic E-state index is 2.63. The molecule has 6 unspecified atom stereocenters. The minimum absolute atomic E-state index is 0.0270. The summed E-state index contributed by atoms with van der Waals surface area (Å²) in [5.41, 5.74) is 18.2. The quantitative estimate of drug-likeness (QED) is 0.175. The minimum Gasteiger partial charge on any atom is -0.333 e. The maximum atomic E-state index is 2.63. The number of nitrogens with zero attached hydrogens (tertiary/aromatic N) is 4. The van der Waals surface area contributed by atoms with Crippen molar-refractivity contribution in [3.05, 3.63) is 210 Å². The van der Waals surface area contributed by atoms with E-state index >= 15 is 0 Å². The van der Waals surface area contributed by atoms with E-state index in [1.807, 2.05) is 0 Å². The van der Waals surface area contributed by atoms with E-state index in [0.717, 1.165) is 12.8 Å². The Bertz CT molecular complexity index is 3410. The molecular formula is C60H54N5+. The summed E-state index contributed by atoms with van der Waals surface area (Å²) in [5.74, 6) is 0.962. The molecule has 6 atom stereocenters. The number of benzene rings is 6. The minimum atomic E-state index is -0.143. The molecule has 8 aromatic rings. The van der Waals surface area contributed by atoms with Crippen LogP contribution in [0.1, 0.15) is 67.5 Å². The number of nitrogens with two attached hydrogens (primary N) is 1. The summed E-state index contributed by atoms with van der Waals surface area (Å²) >= 11 is 0. The highest BCUT2D eigenvalue weighted by Gasteiger charge is 2.46. The largest absolute Gasteiger partial charge is 0.333 e. The first-order valence-electron chi connectivity index (χ1n) is 23.6. The number of anilines is 2. The van der Waals surface area contributed by atoms with Gasteiger partial charge in [-0.15, -0.1) is 0 Å². The van der Waals surface area contributed by atoms with Gasteiger partial charge >= 0.3 is 0 Å². The highest BCUT2D eigenvalue weighted by molar-refractivity contribution is 6.09.